The van der Waals surface area contributed by atoms with E-state index in [9.17, 15) is 8.42 Å². The smallest absolute Gasteiger partial charge is 0.215 e. The molecule has 1 aromatic carbocycles. The molecular weight excluding hydrogens is 262 g/mol. The van der Waals surface area contributed by atoms with Gasteiger partial charge in [0, 0.05) is 13.1 Å². The summed E-state index contributed by atoms with van der Waals surface area (Å²) in [6.45, 7) is 1.76. The average Bonchev–Trinajstić information content (AvgIpc) is 2.34. The zero-order valence-corrected chi connectivity index (χ0v) is 12.4. The first-order chi connectivity index (χ1) is 8.93. The Labute approximate surface area is 115 Å². The summed E-state index contributed by atoms with van der Waals surface area (Å²) in [6, 6.07) is 7.36. The summed E-state index contributed by atoms with van der Waals surface area (Å²) < 4.78 is 26.4. The highest BCUT2D eigenvalue weighted by molar-refractivity contribution is 7.88. The Balaban J connectivity index is 2.49. The first kappa shape index (κ1) is 16.1. The minimum Gasteiger partial charge on any atom is -0.326 e. The van der Waals surface area contributed by atoms with Crippen LogP contribution in [0.25, 0.3) is 0 Å². The van der Waals surface area contributed by atoms with Crippen LogP contribution in [0.3, 0.4) is 0 Å². The molecular formula is C13H23N3O2S. The highest BCUT2D eigenvalue weighted by atomic mass is 32.2. The van der Waals surface area contributed by atoms with Gasteiger partial charge >= 0.3 is 0 Å². The van der Waals surface area contributed by atoms with Gasteiger partial charge < -0.3 is 10.6 Å². The van der Waals surface area contributed by atoms with E-state index in [1.807, 2.05) is 37.2 Å². The van der Waals surface area contributed by atoms with Gasteiger partial charge in [0.05, 0.1) is 5.75 Å². The molecule has 108 valence electrons. The Morgan fingerprint density at radius 3 is 2.58 bits per heavy atom. The van der Waals surface area contributed by atoms with Crippen LogP contribution < -0.4 is 10.5 Å². The lowest BCUT2D eigenvalue weighted by molar-refractivity contribution is 0.400. The molecule has 0 aromatic heterocycles. The number of hydrogen-bond donors (Lipinski definition) is 2. The number of rotatable bonds is 8. The third-order valence-corrected chi connectivity index (χ3v) is 4.05. The number of sulfonamides is 1. The van der Waals surface area contributed by atoms with Crippen LogP contribution in [-0.4, -0.2) is 40.5 Å². The van der Waals surface area contributed by atoms with Crippen molar-refractivity contribution in [3.05, 3.63) is 35.4 Å². The van der Waals surface area contributed by atoms with E-state index in [0.29, 0.717) is 13.1 Å². The van der Waals surface area contributed by atoms with Crippen molar-refractivity contribution in [3.8, 4) is 0 Å². The first-order valence-electron chi connectivity index (χ1n) is 6.33. The number of nitrogens with zero attached hydrogens (tertiary/aromatic N) is 1. The molecule has 0 spiro atoms. The normalized spacial score (nSPS) is 12.0. The van der Waals surface area contributed by atoms with Crippen molar-refractivity contribution in [2.45, 2.75) is 18.7 Å². The lowest BCUT2D eigenvalue weighted by atomic mass is 10.1. The van der Waals surface area contributed by atoms with Crippen molar-refractivity contribution in [2.24, 2.45) is 5.73 Å². The molecule has 0 aliphatic heterocycles. The highest BCUT2D eigenvalue weighted by Gasteiger charge is 2.11. The lowest BCUT2D eigenvalue weighted by Gasteiger charge is -2.10. The number of benzene rings is 1. The number of hydrogen-bond acceptors (Lipinski definition) is 4. The maximum absolute atomic E-state index is 11.9. The van der Waals surface area contributed by atoms with E-state index in [0.717, 1.165) is 24.1 Å². The van der Waals surface area contributed by atoms with Gasteiger partial charge in [-0.3, -0.25) is 0 Å². The molecule has 6 heteroatoms. The monoisotopic (exact) mass is 285 g/mol. The summed E-state index contributed by atoms with van der Waals surface area (Å²) in [5, 5.41) is 0. The van der Waals surface area contributed by atoms with Gasteiger partial charge in [0.2, 0.25) is 10.0 Å². The van der Waals surface area contributed by atoms with Gasteiger partial charge in [-0.2, -0.15) is 0 Å². The van der Waals surface area contributed by atoms with Crippen LogP contribution >= 0.6 is 0 Å². The Morgan fingerprint density at radius 2 is 1.95 bits per heavy atom. The van der Waals surface area contributed by atoms with E-state index >= 15 is 0 Å². The molecule has 0 amide bonds. The van der Waals surface area contributed by atoms with Gasteiger partial charge in [-0.05, 0) is 38.2 Å². The topological polar surface area (TPSA) is 75.4 Å². The molecule has 19 heavy (non-hydrogen) atoms. The van der Waals surface area contributed by atoms with Crippen LogP contribution in [0.15, 0.2) is 24.3 Å². The van der Waals surface area contributed by atoms with Crippen molar-refractivity contribution in [2.75, 3.05) is 27.2 Å². The van der Waals surface area contributed by atoms with Crippen LogP contribution in [0, 0.1) is 0 Å². The third-order valence-electron chi connectivity index (χ3n) is 2.69. The quantitative estimate of drug-likeness (QED) is 0.683. The molecule has 5 nitrogen and oxygen atoms in total. The minimum atomic E-state index is -3.27. The summed E-state index contributed by atoms with van der Waals surface area (Å²) in [5.41, 5.74) is 7.25. The molecule has 0 aliphatic carbocycles. The van der Waals surface area contributed by atoms with Crippen molar-refractivity contribution < 1.29 is 8.42 Å². The zero-order valence-electron chi connectivity index (χ0n) is 11.6. The van der Waals surface area contributed by atoms with Gasteiger partial charge in [0.15, 0.2) is 0 Å². The Hall–Kier alpha value is -0.950. The second kappa shape index (κ2) is 7.59. The van der Waals surface area contributed by atoms with Crippen molar-refractivity contribution in [1.29, 1.82) is 0 Å². The molecule has 0 fully saturated rings. The van der Waals surface area contributed by atoms with Crippen LogP contribution in [-0.2, 0) is 22.3 Å². The fourth-order valence-electron chi connectivity index (χ4n) is 1.74. The maximum Gasteiger partial charge on any atom is 0.215 e. The van der Waals surface area contributed by atoms with Crippen LogP contribution in [0.2, 0.25) is 0 Å². The predicted octanol–water partition coefficient (Wildman–Crippen LogP) is 0.516. The van der Waals surface area contributed by atoms with Crippen LogP contribution in [0.5, 0.6) is 0 Å². The molecule has 3 N–H and O–H groups in total. The van der Waals surface area contributed by atoms with Crippen molar-refractivity contribution >= 4 is 10.0 Å². The van der Waals surface area contributed by atoms with E-state index < -0.39 is 10.0 Å². The standard InChI is InChI=1S/C13H23N3O2S/c1-16(2)8-4-7-15-19(17,18)11-13-6-3-5-12(9-13)10-14/h3,5-6,9,15H,4,7-8,10-11,14H2,1-2H3. The fraction of sp³-hybridized carbons (Fsp3) is 0.538. The van der Waals surface area contributed by atoms with E-state index in [4.69, 9.17) is 5.73 Å². The molecule has 0 bridgehead atoms. The van der Waals surface area contributed by atoms with Crippen molar-refractivity contribution in [1.82, 2.24) is 9.62 Å². The average molecular weight is 285 g/mol. The molecule has 0 heterocycles. The summed E-state index contributed by atoms with van der Waals surface area (Å²) >= 11 is 0. The second-order valence-electron chi connectivity index (χ2n) is 4.83. The molecule has 1 aromatic rings. The van der Waals surface area contributed by atoms with Crippen LogP contribution in [0.1, 0.15) is 17.5 Å². The minimum absolute atomic E-state index is 0.00278. The number of nitrogens with two attached hydrogens (primary N) is 1. The summed E-state index contributed by atoms with van der Waals surface area (Å²) in [7, 11) is 0.663. The lowest BCUT2D eigenvalue weighted by Crippen LogP contribution is -2.28. The predicted molar refractivity (Wildman–Crippen MR) is 78.1 cm³/mol. The van der Waals surface area contributed by atoms with Gasteiger partial charge in [0.25, 0.3) is 0 Å². The molecule has 0 saturated heterocycles. The van der Waals surface area contributed by atoms with Gasteiger partial charge in [0.1, 0.15) is 0 Å². The Bertz CT molecular complexity index is 486. The molecule has 0 radical (unpaired) electrons. The highest BCUT2D eigenvalue weighted by Crippen LogP contribution is 2.08. The SMILES string of the molecule is CN(C)CCCNS(=O)(=O)Cc1cccc(CN)c1. The van der Waals surface area contributed by atoms with E-state index in [2.05, 4.69) is 4.72 Å². The van der Waals surface area contributed by atoms with Crippen LogP contribution in [0.4, 0.5) is 0 Å². The maximum atomic E-state index is 11.9. The summed E-state index contributed by atoms with van der Waals surface area (Å²) in [4.78, 5) is 2.03. The molecule has 0 unspecified atom stereocenters. The summed E-state index contributed by atoms with van der Waals surface area (Å²) in [6.07, 6.45) is 0.801. The third kappa shape index (κ3) is 6.68. The zero-order chi connectivity index (χ0) is 14.3. The van der Waals surface area contributed by atoms with Gasteiger partial charge in [-0.1, -0.05) is 24.3 Å². The van der Waals surface area contributed by atoms with Gasteiger partial charge in [-0.15, -0.1) is 0 Å². The van der Waals surface area contributed by atoms with E-state index in [-0.39, 0.29) is 5.75 Å². The molecule has 1 rings (SSSR count). The second-order valence-corrected chi connectivity index (χ2v) is 6.64. The van der Waals surface area contributed by atoms with E-state index in [1.54, 1.807) is 6.07 Å². The Kier molecular flexibility index (Phi) is 6.44. The molecule has 0 atom stereocenters. The Morgan fingerprint density at radius 1 is 1.26 bits per heavy atom. The summed E-state index contributed by atoms with van der Waals surface area (Å²) in [5.74, 6) is 0.00278. The largest absolute Gasteiger partial charge is 0.326 e. The fourth-order valence-corrected chi connectivity index (χ4v) is 2.92. The number of nitrogens with one attached hydrogen (secondary N) is 1. The molecule has 0 aliphatic rings. The van der Waals surface area contributed by atoms with Crippen molar-refractivity contribution in [3.63, 3.8) is 0 Å². The van der Waals surface area contributed by atoms with E-state index in [1.165, 1.54) is 0 Å². The molecule has 0 saturated carbocycles. The van der Waals surface area contributed by atoms with Gasteiger partial charge in [-0.25, -0.2) is 13.1 Å². The first-order valence-corrected chi connectivity index (χ1v) is 7.98.